The van der Waals surface area contributed by atoms with Gasteiger partial charge in [-0.2, -0.15) is 0 Å². The van der Waals surface area contributed by atoms with Crippen molar-refractivity contribution in [2.45, 2.75) is 0 Å². The molecule has 0 rings (SSSR count). The highest BCUT2D eigenvalue weighted by Crippen LogP contribution is 1.95. The summed E-state index contributed by atoms with van der Waals surface area (Å²) in [5.74, 6) is -0.526. The molecule has 3 heteroatoms. The first kappa shape index (κ1) is 8.91. The maximum atomic E-state index is 10.6. The van der Waals surface area contributed by atoms with Gasteiger partial charge in [-0.05, 0) is 0 Å². The third-order valence-electron chi connectivity index (χ3n) is 0.937. The first-order valence-corrected chi connectivity index (χ1v) is 2.77. The molecule has 0 aliphatic rings. The van der Waals surface area contributed by atoms with E-state index in [4.69, 9.17) is 5.11 Å². The number of hydrogen-bond donors (Lipinski definition) is 1. The van der Waals surface area contributed by atoms with E-state index in [2.05, 4.69) is 11.3 Å². The van der Waals surface area contributed by atoms with E-state index >= 15 is 0 Å². The van der Waals surface area contributed by atoms with Gasteiger partial charge in [-0.1, -0.05) is 18.7 Å². The number of ether oxygens (including phenoxy) is 1. The van der Waals surface area contributed by atoms with Crippen LogP contribution in [0.5, 0.6) is 0 Å². The highest BCUT2D eigenvalue weighted by Gasteiger charge is 2.04. The van der Waals surface area contributed by atoms with Crippen molar-refractivity contribution in [3.8, 4) is 0 Å². The topological polar surface area (TPSA) is 46.5 Å². The summed E-state index contributed by atoms with van der Waals surface area (Å²) in [6, 6.07) is 0. The van der Waals surface area contributed by atoms with Crippen molar-refractivity contribution >= 4 is 5.97 Å². The molecule has 0 aromatic heterocycles. The van der Waals surface area contributed by atoms with E-state index in [1.54, 1.807) is 0 Å². The minimum Gasteiger partial charge on any atom is -0.466 e. The molecule has 0 saturated heterocycles. The Morgan fingerprint density at radius 3 is 2.70 bits per heavy atom. The normalized spacial score (nSPS) is 10.8. The number of hydrogen-bond acceptors (Lipinski definition) is 3. The second kappa shape index (κ2) is 4.76. The molecule has 0 fully saturated rings. The predicted octanol–water partition coefficient (Wildman–Crippen LogP) is 0.264. The van der Waals surface area contributed by atoms with Crippen LogP contribution in [0.15, 0.2) is 24.3 Å². The van der Waals surface area contributed by atoms with Crippen LogP contribution in [-0.2, 0) is 9.53 Å². The number of aliphatic hydroxyl groups excluding tert-OH is 1. The van der Waals surface area contributed by atoms with Gasteiger partial charge in [0, 0.05) is 0 Å². The van der Waals surface area contributed by atoms with Crippen LogP contribution in [0.25, 0.3) is 0 Å². The predicted molar refractivity (Wildman–Crippen MR) is 37.4 cm³/mol. The lowest BCUT2D eigenvalue weighted by Gasteiger charge is -1.98. The zero-order valence-electron chi connectivity index (χ0n) is 5.83. The number of rotatable bonds is 3. The van der Waals surface area contributed by atoms with E-state index in [9.17, 15) is 4.79 Å². The number of carbonyl (C=O) groups is 1. The fourth-order valence-electron chi connectivity index (χ4n) is 0.459. The Labute approximate surface area is 59.6 Å². The van der Waals surface area contributed by atoms with E-state index in [0.717, 1.165) is 0 Å². The number of allylic oxidation sites excluding steroid dienone is 2. The Morgan fingerprint density at radius 2 is 2.40 bits per heavy atom. The van der Waals surface area contributed by atoms with E-state index in [-0.39, 0.29) is 12.2 Å². The Balaban J connectivity index is 4.19. The molecule has 0 radical (unpaired) electrons. The summed E-state index contributed by atoms with van der Waals surface area (Å²) >= 11 is 0. The fraction of sp³-hybridized carbons (Fsp3) is 0.286. The largest absolute Gasteiger partial charge is 0.466 e. The summed E-state index contributed by atoms with van der Waals surface area (Å²) in [7, 11) is 1.26. The molecule has 1 N–H and O–H groups in total. The average molecular weight is 142 g/mol. The van der Waals surface area contributed by atoms with Gasteiger partial charge in [0.25, 0.3) is 0 Å². The Morgan fingerprint density at radius 1 is 1.80 bits per heavy atom. The molecule has 0 atom stereocenters. The smallest absolute Gasteiger partial charge is 0.336 e. The Hall–Kier alpha value is -1.09. The SMILES string of the molecule is C=C/C=C(\CO)C(=O)OC. The van der Waals surface area contributed by atoms with Crippen LogP contribution in [0.2, 0.25) is 0 Å². The van der Waals surface area contributed by atoms with Gasteiger partial charge in [-0.25, -0.2) is 4.79 Å². The van der Waals surface area contributed by atoms with Crippen molar-refractivity contribution in [1.82, 2.24) is 0 Å². The quantitative estimate of drug-likeness (QED) is 0.349. The van der Waals surface area contributed by atoms with Crippen molar-refractivity contribution in [2.24, 2.45) is 0 Å². The van der Waals surface area contributed by atoms with E-state index in [1.807, 2.05) is 0 Å². The molecule has 0 spiro atoms. The van der Waals surface area contributed by atoms with Crippen molar-refractivity contribution in [3.05, 3.63) is 24.3 Å². The van der Waals surface area contributed by atoms with E-state index in [0.29, 0.717) is 0 Å². The van der Waals surface area contributed by atoms with Gasteiger partial charge in [0.2, 0.25) is 0 Å². The van der Waals surface area contributed by atoms with Crippen LogP contribution in [0, 0.1) is 0 Å². The standard InChI is InChI=1S/C7H10O3/c1-3-4-6(5-8)7(9)10-2/h3-4,8H,1,5H2,2H3/b6-4+. The van der Waals surface area contributed by atoms with Gasteiger partial charge in [-0.3, -0.25) is 0 Å². The monoisotopic (exact) mass is 142 g/mol. The van der Waals surface area contributed by atoms with Crippen LogP contribution < -0.4 is 0 Å². The highest BCUT2D eigenvalue weighted by molar-refractivity contribution is 5.88. The van der Waals surface area contributed by atoms with Crippen LogP contribution in [0.3, 0.4) is 0 Å². The molecule has 0 aliphatic heterocycles. The van der Waals surface area contributed by atoms with Crippen molar-refractivity contribution in [3.63, 3.8) is 0 Å². The lowest BCUT2D eigenvalue weighted by Crippen LogP contribution is -2.07. The van der Waals surface area contributed by atoms with E-state index < -0.39 is 5.97 Å². The molecular weight excluding hydrogens is 132 g/mol. The molecule has 10 heavy (non-hydrogen) atoms. The van der Waals surface area contributed by atoms with Crippen molar-refractivity contribution < 1.29 is 14.6 Å². The lowest BCUT2D eigenvalue weighted by atomic mass is 10.2. The van der Waals surface area contributed by atoms with Gasteiger partial charge >= 0.3 is 5.97 Å². The first-order valence-electron chi connectivity index (χ1n) is 2.77. The summed E-state index contributed by atoms with van der Waals surface area (Å²) in [6.45, 7) is 3.05. The molecule has 0 aromatic rings. The lowest BCUT2D eigenvalue weighted by molar-refractivity contribution is -0.136. The third kappa shape index (κ3) is 2.46. The van der Waals surface area contributed by atoms with Gasteiger partial charge in [0.05, 0.1) is 19.3 Å². The molecule has 0 amide bonds. The maximum absolute atomic E-state index is 10.6. The average Bonchev–Trinajstić information content (AvgIpc) is 1.99. The molecule has 0 saturated carbocycles. The number of aliphatic hydroxyl groups is 1. The second-order valence-corrected chi connectivity index (χ2v) is 1.58. The molecule has 0 bridgehead atoms. The molecular formula is C7H10O3. The van der Waals surface area contributed by atoms with Gasteiger partial charge in [0.1, 0.15) is 0 Å². The Kier molecular flexibility index (Phi) is 4.24. The van der Waals surface area contributed by atoms with E-state index in [1.165, 1.54) is 19.3 Å². The molecule has 0 aromatic carbocycles. The number of esters is 1. The minimum atomic E-state index is -0.526. The highest BCUT2D eigenvalue weighted by atomic mass is 16.5. The third-order valence-corrected chi connectivity index (χ3v) is 0.937. The molecule has 0 unspecified atom stereocenters. The molecule has 0 heterocycles. The van der Waals surface area contributed by atoms with Crippen molar-refractivity contribution in [2.75, 3.05) is 13.7 Å². The Bertz CT molecular complexity index is 158. The summed E-state index contributed by atoms with van der Waals surface area (Å²) in [5.41, 5.74) is 0.206. The van der Waals surface area contributed by atoms with Crippen LogP contribution in [0.1, 0.15) is 0 Å². The first-order chi connectivity index (χ1) is 4.76. The summed E-state index contributed by atoms with van der Waals surface area (Å²) in [6.07, 6.45) is 2.83. The van der Waals surface area contributed by atoms with Gasteiger partial charge in [0.15, 0.2) is 0 Å². The minimum absolute atomic E-state index is 0.206. The zero-order chi connectivity index (χ0) is 7.98. The van der Waals surface area contributed by atoms with Crippen LogP contribution >= 0.6 is 0 Å². The van der Waals surface area contributed by atoms with Crippen LogP contribution in [0.4, 0.5) is 0 Å². The maximum Gasteiger partial charge on any atom is 0.336 e. The van der Waals surface area contributed by atoms with Gasteiger partial charge < -0.3 is 9.84 Å². The fourth-order valence-corrected chi connectivity index (χ4v) is 0.459. The molecule has 56 valence electrons. The molecule has 3 nitrogen and oxygen atoms in total. The summed E-state index contributed by atoms with van der Waals surface area (Å²) in [5, 5.41) is 8.54. The van der Waals surface area contributed by atoms with Crippen molar-refractivity contribution in [1.29, 1.82) is 0 Å². The summed E-state index contributed by atoms with van der Waals surface area (Å²) in [4.78, 5) is 10.6. The zero-order valence-corrected chi connectivity index (χ0v) is 5.83. The molecule has 0 aliphatic carbocycles. The second-order valence-electron chi connectivity index (χ2n) is 1.58. The van der Waals surface area contributed by atoms with Gasteiger partial charge in [-0.15, -0.1) is 0 Å². The number of carbonyl (C=O) groups excluding carboxylic acids is 1. The number of methoxy groups -OCH3 is 1. The van der Waals surface area contributed by atoms with Crippen LogP contribution in [-0.4, -0.2) is 24.8 Å². The summed E-state index contributed by atoms with van der Waals surface area (Å²) < 4.78 is 4.34.